The molecule has 0 radical (unpaired) electrons. The van der Waals surface area contributed by atoms with Crippen LogP contribution in [0, 0.1) is 11.8 Å². The molecule has 6 nitrogen and oxygen atoms in total. The van der Waals surface area contributed by atoms with Crippen molar-refractivity contribution in [2.24, 2.45) is 11.8 Å². The average Bonchev–Trinajstić information content (AvgIpc) is 2.77. The predicted octanol–water partition coefficient (Wildman–Crippen LogP) is 0.509. The Kier molecular flexibility index (Phi) is 5.12. The molecule has 1 aliphatic carbocycles. The smallest absolute Gasteiger partial charge is 0.325 e. The first-order valence-electron chi connectivity index (χ1n) is 6.09. The first kappa shape index (κ1) is 14.5. The molecule has 0 aromatic rings. The molecule has 2 atom stereocenters. The molecule has 102 valence electrons. The third-order valence-electron chi connectivity index (χ3n) is 3.18. The van der Waals surface area contributed by atoms with E-state index in [9.17, 15) is 14.4 Å². The molecule has 18 heavy (non-hydrogen) atoms. The molecule has 0 aliphatic heterocycles. The Morgan fingerprint density at radius 3 is 2.39 bits per heavy atom. The maximum absolute atomic E-state index is 12.0. The second-order valence-electron chi connectivity index (χ2n) is 4.54. The zero-order valence-electron chi connectivity index (χ0n) is 10.7. The average molecular weight is 257 g/mol. The van der Waals surface area contributed by atoms with E-state index in [1.165, 1.54) is 11.9 Å². The maximum atomic E-state index is 12.0. The Morgan fingerprint density at radius 2 is 1.89 bits per heavy atom. The number of carboxylic acids is 1. The highest BCUT2D eigenvalue weighted by molar-refractivity contribution is 5.84. The molecule has 0 bridgehead atoms. The Balaban J connectivity index is 2.45. The number of amides is 1. The van der Waals surface area contributed by atoms with Crippen molar-refractivity contribution >= 4 is 17.8 Å². The van der Waals surface area contributed by atoms with E-state index < -0.39 is 17.9 Å². The number of aliphatic carboxylic acids is 1. The molecule has 0 aromatic heterocycles. The van der Waals surface area contributed by atoms with Crippen molar-refractivity contribution in [2.45, 2.75) is 26.2 Å². The van der Waals surface area contributed by atoms with Crippen LogP contribution in [0.25, 0.3) is 0 Å². The lowest BCUT2D eigenvalue weighted by molar-refractivity contribution is -0.149. The summed E-state index contributed by atoms with van der Waals surface area (Å²) in [6.07, 6.45) is 1.46. The minimum absolute atomic E-state index is 0.0824. The lowest BCUT2D eigenvalue weighted by atomic mass is 10.0. The van der Waals surface area contributed by atoms with Gasteiger partial charge in [0.1, 0.15) is 6.54 Å². The topological polar surface area (TPSA) is 83.9 Å². The number of carboxylic acid groups (broad SMARTS) is 1. The van der Waals surface area contributed by atoms with Gasteiger partial charge in [0, 0.05) is 13.0 Å². The van der Waals surface area contributed by atoms with Gasteiger partial charge in [-0.3, -0.25) is 14.4 Å². The van der Waals surface area contributed by atoms with Crippen molar-refractivity contribution in [3.8, 4) is 0 Å². The van der Waals surface area contributed by atoms with Crippen molar-refractivity contribution in [2.75, 3.05) is 20.2 Å². The van der Waals surface area contributed by atoms with Crippen molar-refractivity contribution in [1.82, 2.24) is 4.90 Å². The van der Waals surface area contributed by atoms with Gasteiger partial charge in [0.05, 0.1) is 12.5 Å². The number of ether oxygens (including phenoxy) is 1. The summed E-state index contributed by atoms with van der Waals surface area (Å²) in [5.41, 5.74) is 0. The summed E-state index contributed by atoms with van der Waals surface area (Å²) in [4.78, 5) is 35.3. The highest BCUT2D eigenvalue weighted by Gasteiger charge is 2.35. The van der Waals surface area contributed by atoms with E-state index >= 15 is 0 Å². The Morgan fingerprint density at radius 1 is 1.28 bits per heavy atom. The first-order chi connectivity index (χ1) is 8.45. The van der Waals surface area contributed by atoms with Gasteiger partial charge < -0.3 is 14.7 Å². The molecule has 6 heteroatoms. The number of nitrogens with zero attached hydrogens (tertiary/aromatic N) is 1. The van der Waals surface area contributed by atoms with Crippen LogP contribution >= 0.6 is 0 Å². The van der Waals surface area contributed by atoms with Crippen LogP contribution in [0.4, 0.5) is 0 Å². The van der Waals surface area contributed by atoms with Crippen LogP contribution < -0.4 is 0 Å². The maximum Gasteiger partial charge on any atom is 0.325 e. The monoisotopic (exact) mass is 257 g/mol. The van der Waals surface area contributed by atoms with E-state index in [0.717, 1.165) is 0 Å². The standard InChI is InChI=1S/C12H19NO5/c1-3-18-10(14)7-13(2)11(15)8-4-5-9(6-8)12(16)17/h8-9H,3-7H2,1-2H3,(H,16,17)/t8-,9+/m1/s1. The van der Waals surface area contributed by atoms with E-state index in [1.807, 2.05) is 0 Å². The fraction of sp³-hybridized carbons (Fsp3) is 0.750. The van der Waals surface area contributed by atoms with Crippen LogP contribution in [-0.4, -0.2) is 48.1 Å². The van der Waals surface area contributed by atoms with E-state index in [-0.39, 0.29) is 25.0 Å². The van der Waals surface area contributed by atoms with Gasteiger partial charge in [0.25, 0.3) is 0 Å². The lowest BCUT2D eigenvalue weighted by Crippen LogP contribution is -2.36. The van der Waals surface area contributed by atoms with Crippen molar-refractivity contribution in [1.29, 1.82) is 0 Å². The highest BCUT2D eigenvalue weighted by atomic mass is 16.5. The number of hydrogen-bond donors (Lipinski definition) is 1. The van der Waals surface area contributed by atoms with E-state index in [4.69, 9.17) is 9.84 Å². The third-order valence-corrected chi connectivity index (χ3v) is 3.18. The van der Waals surface area contributed by atoms with Gasteiger partial charge in [-0.15, -0.1) is 0 Å². The van der Waals surface area contributed by atoms with Crippen LogP contribution in [-0.2, 0) is 19.1 Å². The van der Waals surface area contributed by atoms with Crippen molar-refractivity contribution in [3.63, 3.8) is 0 Å². The second kappa shape index (κ2) is 6.37. The van der Waals surface area contributed by atoms with E-state index in [1.54, 1.807) is 6.92 Å². The molecule has 1 N–H and O–H groups in total. The highest BCUT2D eigenvalue weighted by Crippen LogP contribution is 2.32. The van der Waals surface area contributed by atoms with Crippen molar-refractivity contribution in [3.05, 3.63) is 0 Å². The summed E-state index contributed by atoms with van der Waals surface area (Å²) < 4.78 is 4.76. The Labute approximate surface area is 106 Å². The molecular formula is C12H19NO5. The third kappa shape index (κ3) is 3.72. The van der Waals surface area contributed by atoms with Crippen LogP contribution in [0.1, 0.15) is 26.2 Å². The van der Waals surface area contributed by atoms with Crippen LogP contribution in [0.15, 0.2) is 0 Å². The van der Waals surface area contributed by atoms with Gasteiger partial charge in [-0.2, -0.15) is 0 Å². The fourth-order valence-corrected chi connectivity index (χ4v) is 2.22. The zero-order valence-corrected chi connectivity index (χ0v) is 10.7. The largest absolute Gasteiger partial charge is 0.481 e. The summed E-state index contributed by atoms with van der Waals surface area (Å²) in [7, 11) is 1.54. The lowest BCUT2D eigenvalue weighted by Gasteiger charge is -2.19. The van der Waals surface area contributed by atoms with Gasteiger partial charge >= 0.3 is 11.9 Å². The second-order valence-corrected chi connectivity index (χ2v) is 4.54. The summed E-state index contributed by atoms with van der Waals surface area (Å²) in [6.45, 7) is 1.90. The number of esters is 1. The molecule has 1 fully saturated rings. The fourth-order valence-electron chi connectivity index (χ4n) is 2.22. The number of rotatable bonds is 5. The van der Waals surface area contributed by atoms with Crippen LogP contribution in [0.5, 0.6) is 0 Å². The molecule has 0 saturated heterocycles. The quantitative estimate of drug-likeness (QED) is 0.725. The Hall–Kier alpha value is -1.59. The first-order valence-corrected chi connectivity index (χ1v) is 6.09. The minimum atomic E-state index is -0.849. The van der Waals surface area contributed by atoms with Gasteiger partial charge in [-0.1, -0.05) is 0 Å². The zero-order chi connectivity index (χ0) is 13.7. The molecule has 1 rings (SSSR count). The van der Waals surface area contributed by atoms with Crippen LogP contribution in [0.2, 0.25) is 0 Å². The Bertz CT molecular complexity index is 341. The number of hydrogen-bond acceptors (Lipinski definition) is 4. The molecule has 1 amide bonds. The summed E-state index contributed by atoms with van der Waals surface area (Å²) in [6, 6.07) is 0. The number of likely N-dealkylation sites (N-methyl/N-ethyl adjacent to an activating group) is 1. The van der Waals surface area contributed by atoms with Gasteiger partial charge in [0.15, 0.2) is 0 Å². The molecule has 0 heterocycles. The van der Waals surface area contributed by atoms with Gasteiger partial charge in [-0.05, 0) is 26.2 Å². The molecule has 1 saturated carbocycles. The number of carbonyl (C=O) groups is 3. The molecule has 1 aliphatic rings. The van der Waals surface area contributed by atoms with E-state index in [2.05, 4.69) is 0 Å². The predicted molar refractivity (Wildman–Crippen MR) is 62.7 cm³/mol. The SMILES string of the molecule is CCOC(=O)CN(C)C(=O)[C@@H]1CC[C@H](C(=O)O)C1. The van der Waals surface area contributed by atoms with E-state index in [0.29, 0.717) is 19.3 Å². The van der Waals surface area contributed by atoms with Gasteiger partial charge in [0.2, 0.25) is 5.91 Å². The summed E-state index contributed by atoms with van der Waals surface area (Å²) >= 11 is 0. The van der Waals surface area contributed by atoms with Crippen LogP contribution in [0.3, 0.4) is 0 Å². The normalized spacial score (nSPS) is 22.6. The summed E-state index contributed by atoms with van der Waals surface area (Å²) in [5.74, 6) is -2.19. The summed E-state index contributed by atoms with van der Waals surface area (Å²) in [5, 5.41) is 8.87. The number of carbonyl (C=O) groups excluding carboxylic acids is 2. The molecule has 0 spiro atoms. The molecular weight excluding hydrogens is 238 g/mol. The molecule has 0 aromatic carbocycles. The molecule has 0 unspecified atom stereocenters. The minimum Gasteiger partial charge on any atom is -0.481 e. The van der Waals surface area contributed by atoms with Gasteiger partial charge in [-0.25, -0.2) is 0 Å². The van der Waals surface area contributed by atoms with Crippen molar-refractivity contribution < 1.29 is 24.2 Å².